The molecule has 0 atom stereocenters. The van der Waals surface area contributed by atoms with Gasteiger partial charge < -0.3 is 35.4 Å². The van der Waals surface area contributed by atoms with E-state index in [0.717, 1.165) is 49.7 Å². The van der Waals surface area contributed by atoms with Crippen molar-refractivity contribution in [3.63, 3.8) is 0 Å². The number of carbonyl (C=O) groups is 4. The van der Waals surface area contributed by atoms with E-state index >= 15 is 0 Å². The number of amides is 3. The standard InChI is InChI=1S/C36H46N10O5.C7H10N2O.C2H6/c1-6-9-15-50-28-20-23(32(37)47)18-25-30(28)44(35(39-5)40-25)13-11-12-14-45-31-26(19-24(33(38)48)21-29(31)51-16-10-7-2)41-36(45)42-34(49)27-17-22(4)43-46(27)8-3;1-3-9-7(5-10)4-6(2)8-9;1-2/h11-12,17-21H,6-10,13-16H2,1-5H3,(H2,37,47)(H2,38,48)(H,39,40)(H,41,42,49);4-5H,3H2,1-2H3;1-2H3/b12-11+;;. The molecule has 0 saturated carbocycles. The van der Waals surface area contributed by atoms with Crippen LogP contribution in [0.4, 0.5) is 11.9 Å². The quantitative estimate of drug-likeness (QED) is 0.0344. The predicted octanol–water partition coefficient (Wildman–Crippen LogP) is 7.07. The van der Waals surface area contributed by atoms with E-state index in [-0.39, 0.29) is 24.0 Å². The first-order valence-corrected chi connectivity index (χ1v) is 21.5. The zero-order chi connectivity index (χ0) is 46.2. The number of aromatic nitrogens is 8. The van der Waals surface area contributed by atoms with Crippen molar-refractivity contribution in [2.45, 2.75) is 107 Å². The minimum Gasteiger partial charge on any atom is -0.491 e. The van der Waals surface area contributed by atoms with E-state index in [0.29, 0.717) is 82.9 Å². The van der Waals surface area contributed by atoms with Crippen LogP contribution < -0.4 is 31.6 Å². The van der Waals surface area contributed by atoms with Crippen LogP contribution in [0.25, 0.3) is 22.1 Å². The van der Waals surface area contributed by atoms with Gasteiger partial charge in [-0.15, -0.1) is 0 Å². The molecule has 338 valence electrons. The molecular weight excluding hydrogens is 805 g/mol. The van der Waals surface area contributed by atoms with Crippen LogP contribution in [0.5, 0.6) is 11.5 Å². The Hall–Kier alpha value is -6.98. The molecule has 0 bridgehead atoms. The van der Waals surface area contributed by atoms with Gasteiger partial charge in [0.25, 0.3) is 5.91 Å². The Morgan fingerprint density at radius 1 is 0.698 bits per heavy atom. The first kappa shape index (κ1) is 48.7. The molecule has 0 radical (unpaired) electrons. The van der Waals surface area contributed by atoms with Crippen LogP contribution >= 0.6 is 0 Å². The second kappa shape index (κ2) is 23.3. The average Bonchev–Trinajstić information content (AvgIpc) is 4.05. The van der Waals surface area contributed by atoms with E-state index < -0.39 is 11.8 Å². The van der Waals surface area contributed by atoms with Crippen LogP contribution in [0.15, 0.2) is 48.6 Å². The lowest BCUT2D eigenvalue weighted by Gasteiger charge is -2.13. The van der Waals surface area contributed by atoms with E-state index in [4.69, 9.17) is 30.9 Å². The van der Waals surface area contributed by atoms with Gasteiger partial charge in [0.2, 0.25) is 23.7 Å². The molecule has 3 amide bonds. The number of fused-ring (bicyclic) bond motifs is 2. The minimum atomic E-state index is -0.617. The number of anilines is 2. The zero-order valence-corrected chi connectivity index (χ0v) is 37.9. The lowest BCUT2D eigenvalue weighted by Crippen LogP contribution is -2.20. The Labute approximate surface area is 368 Å². The van der Waals surface area contributed by atoms with Gasteiger partial charge in [-0.3, -0.25) is 33.9 Å². The number of nitrogens with one attached hydrogen (secondary N) is 2. The maximum absolute atomic E-state index is 13.6. The molecule has 0 fully saturated rings. The monoisotopic (exact) mass is 866 g/mol. The smallest absolute Gasteiger partial charge is 0.276 e. The number of benzene rings is 2. The molecule has 0 aliphatic rings. The molecule has 63 heavy (non-hydrogen) atoms. The van der Waals surface area contributed by atoms with Crippen molar-refractivity contribution in [1.82, 2.24) is 38.7 Å². The van der Waals surface area contributed by atoms with Crippen LogP contribution in [0.1, 0.15) is 120 Å². The van der Waals surface area contributed by atoms with Gasteiger partial charge in [-0.05, 0) is 76.9 Å². The first-order chi connectivity index (χ1) is 30.4. The summed E-state index contributed by atoms with van der Waals surface area (Å²) >= 11 is 0. The van der Waals surface area contributed by atoms with Crippen molar-refractivity contribution in [2.75, 3.05) is 30.9 Å². The number of carbonyl (C=O) groups excluding carboxylic acids is 4. The van der Waals surface area contributed by atoms with Crippen LogP contribution in [-0.2, 0) is 26.2 Å². The fraction of sp³-hybridized carbons (Fsp3) is 0.422. The number of rotatable bonds is 20. The van der Waals surface area contributed by atoms with Gasteiger partial charge in [-0.25, -0.2) is 9.97 Å². The molecule has 4 aromatic heterocycles. The van der Waals surface area contributed by atoms with Gasteiger partial charge in [0, 0.05) is 44.4 Å². The number of nitrogens with zero attached hydrogens (tertiary/aromatic N) is 8. The molecule has 0 aliphatic heterocycles. The van der Waals surface area contributed by atoms with Crippen LogP contribution in [0.3, 0.4) is 0 Å². The molecule has 2 aromatic carbocycles. The predicted molar refractivity (Wildman–Crippen MR) is 246 cm³/mol. The maximum atomic E-state index is 13.6. The van der Waals surface area contributed by atoms with Crippen molar-refractivity contribution in [2.24, 2.45) is 11.5 Å². The molecule has 18 nitrogen and oxygen atoms in total. The molecule has 4 heterocycles. The Morgan fingerprint density at radius 3 is 1.62 bits per heavy atom. The summed E-state index contributed by atoms with van der Waals surface area (Å²) < 4.78 is 19.4. The zero-order valence-electron chi connectivity index (χ0n) is 37.9. The van der Waals surface area contributed by atoms with E-state index in [1.807, 2.05) is 62.8 Å². The third-order valence-electron chi connectivity index (χ3n) is 9.67. The number of hydrogen-bond acceptors (Lipinski definition) is 11. The highest BCUT2D eigenvalue weighted by atomic mass is 16.5. The van der Waals surface area contributed by atoms with Crippen LogP contribution in [0.2, 0.25) is 0 Å². The fourth-order valence-electron chi connectivity index (χ4n) is 6.67. The molecule has 0 spiro atoms. The van der Waals surface area contributed by atoms with Gasteiger partial charge in [-0.1, -0.05) is 52.7 Å². The van der Waals surface area contributed by atoms with Gasteiger partial charge in [0.15, 0.2) is 6.29 Å². The number of ether oxygens (including phenoxy) is 2. The summed E-state index contributed by atoms with van der Waals surface area (Å²) in [4.78, 5) is 57.7. The number of primary amides is 2. The van der Waals surface area contributed by atoms with Crippen molar-refractivity contribution in [1.29, 1.82) is 0 Å². The Balaban J connectivity index is 0.000000632. The Kier molecular flexibility index (Phi) is 18.0. The normalized spacial score (nSPS) is 10.9. The fourth-order valence-corrected chi connectivity index (χ4v) is 6.67. The highest BCUT2D eigenvalue weighted by molar-refractivity contribution is 6.04. The summed E-state index contributed by atoms with van der Waals surface area (Å²) in [6.45, 7) is 18.5. The molecule has 0 aliphatic carbocycles. The average molecular weight is 867 g/mol. The number of imidazole rings is 2. The number of allylic oxidation sites excluding steroid dienone is 2. The second-order valence-corrected chi connectivity index (χ2v) is 14.2. The van der Waals surface area contributed by atoms with Crippen molar-refractivity contribution in [3.8, 4) is 11.5 Å². The van der Waals surface area contributed by atoms with Crippen molar-refractivity contribution in [3.05, 3.63) is 82.5 Å². The second-order valence-electron chi connectivity index (χ2n) is 14.2. The first-order valence-electron chi connectivity index (χ1n) is 21.5. The lowest BCUT2D eigenvalue weighted by molar-refractivity contribution is 0.0991. The third-order valence-corrected chi connectivity index (χ3v) is 9.67. The van der Waals surface area contributed by atoms with E-state index in [9.17, 15) is 19.2 Å². The maximum Gasteiger partial charge on any atom is 0.276 e. The van der Waals surface area contributed by atoms with Gasteiger partial charge in [0.05, 0.1) is 35.6 Å². The highest BCUT2D eigenvalue weighted by Gasteiger charge is 2.22. The van der Waals surface area contributed by atoms with Gasteiger partial charge in [0.1, 0.15) is 33.9 Å². The molecular formula is C45H62N12O6. The molecule has 6 rings (SSSR count). The van der Waals surface area contributed by atoms with Gasteiger partial charge in [-0.2, -0.15) is 10.2 Å². The van der Waals surface area contributed by atoms with Crippen LogP contribution in [-0.4, -0.2) is 82.9 Å². The molecule has 18 heteroatoms. The SMILES string of the molecule is CC.CCCCOc1cc(C(N)=O)cc2nc(NC)n(C/C=C/Cn3c(NC(=O)c4cc(C)nn4CC)nc4cc(C(N)=O)cc(OCCCC)c43)c12.CCn1nc(C)cc1C=O. The number of nitrogens with two attached hydrogens (primary N) is 2. The molecule has 0 saturated heterocycles. The van der Waals surface area contributed by atoms with Crippen molar-refractivity contribution >= 4 is 58.0 Å². The summed E-state index contributed by atoms with van der Waals surface area (Å²) in [5.41, 5.74) is 16.8. The highest BCUT2D eigenvalue weighted by Crippen LogP contribution is 2.33. The molecule has 0 unspecified atom stereocenters. The van der Waals surface area contributed by atoms with Crippen LogP contribution in [0, 0.1) is 13.8 Å². The number of hydrogen-bond donors (Lipinski definition) is 4. The summed E-state index contributed by atoms with van der Waals surface area (Å²) in [6, 6.07) is 10.0. The number of aryl methyl sites for hydroxylation is 4. The summed E-state index contributed by atoms with van der Waals surface area (Å²) in [7, 11) is 1.77. The van der Waals surface area contributed by atoms with Gasteiger partial charge >= 0.3 is 0 Å². The lowest BCUT2D eigenvalue weighted by atomic mass is 10.1. The van der Waals surface area contributed by atoms with E-state index in [1.54, 1.807) is 52.8 Å². The summed E-state index contributed by atoms with van der Waals surface area (Å²) in [5.74, 6) is 0.225. The van der Waals surface area contributed by atoms with E-state index in [1.165, 1.54) is 0 Å². The third kappa shape index (κ3) is 11.9. The molecule has 6 N–H and O–H groups in total. The Bertz CT molecular complexity index is 2540. The summed E-state index contributed by atoms with van der Waals surface area (Å²) in [5, 5.41) is 14.6. The number of aldehydes is 1. The minimum absolute atomic E-state index is 0.245. The Morgan fingerprint density at radius 2 is 1.17 bits per heavy atom. The summed E-state index contributed by atoms with van der Waals surface area (Å²) in [6.07, 6.45) is 8.24. The van der Waals surface area contributed by atoms with Crippen molar-refractivity contribution < 1.29 is 28.7 Å². The van der Waals surface area contributed by atoms with E-state index in [2.05, 4.69) is 34.7 Å². The topological polar surface area (TPSA) is 234 Å². The largest absolute Gasteiger partial charge is 0.491 e. The number of unbranched alkanes of at least 4 members (excludes halogenated alkanes) is 2. The molecule has 6 aromatic rings.